The zero-order chi connectivity index (χ0) is 25.8. The number of benzene rings is 2. The lowest BCUT2D eigenvalue weighted by Gasteiger charge is -2.24. The van der Waals surface area contributed by atoms with Crippen molar-refractivity contribution in [1.29, 1.82) is 0 Å². The number of aryl methyl sites for hydroxylation is 2. The van der Waals surface area contributed by atoms with Crippen LogP contribution < -0.4 is 19.1 Å². The maximum atomic E-state index is 12.7. The fraction of sp³-hybridized carbons (Fsp3) is 0.227. The Bertz CT molecular complexity index is 1440. The molecule has 0 aliphatic carbocycles. The predicted octanol–water partition coefficient (Wildman–Crippen LogP) is 2.31. The molecule has 0 spiro atoms. The number of amides is 1. The Kier molecular flexibility index (Phi) is 7.60. The van der Waals surface area contributed by atoms with E-state index in [0.717, 1.165) is 16.1 Å². The van der Waals surface area contributed by atoms with Gasteiger partial charge in [0.25, 0.3) is 10.0 Å². The maximum Gasteiger partial charge on any atom is 0.264 e. The first kappa shape index (κ1) is 25.9. The second-order valence-corrected chi connectivity index (χ2v) is 11.2. The van der Waals surface area contributed by atoms with Crippen LogP contribution in [-0.2, 0) is 24.8 Å². The summed E-state index contributed by atoms with van der Waals surface area (Å²) in [6.07, 6.45) is 2.43. The molecule has 0 bridgehead atoms. The largest absolute Gasteiger partial charge is 0.495 e. The third kappa shape index (κ3) is 6.67. The molecule has 186 valence electrons. The maximum absolute atomic E-state index is 12.7. The number of nitrogens with one attached hydrogen (secondary N) is 2. The number of rotatable bonds is 9. The van der Waals surface area contributed by atoms with E-state index in [4.69, 9.17) is 4.74 Å². The standard InChI is InChI=1S/C22H25N5O6S2/c1-15-5-10-20(33-3)19(13-15)27(34(4,29)30)14-21(28)25-17-6-8-18(9-7-17)35(31,32)26-22-23-12-11-16(2)24-22/h5-13H,14H2,1-4H3,(H,25,28)(H,23,24,26). The molecule has 0 saturated heterocycles. The van der Waals surface area contributed by atoms with Crippen molar-refractivity contribution in [2.75, 3.05) is 34.3 Å². The zero-order valence-corrected chi connectivity index (χ0v) is 21.1. The Morgan fingerprint density at radius 1 is 1.03 bits per heavy atom. The Balaban J connectivity index is 1.75. The molecule has 0 fully saturated rings. The topological polar surface area (TPSA) is 148 Å². The van der Waals surface area contributed by atoms with Crippen LogP contribution in [0.4, 0.5) is 17.3 Å². The summed E-state index contributed by atoms with van der Waals surface area (Å²) in [6.45, 7) is 2.99. The van der Waals surface area contributed by atoms with Gasteiger partial charge in [-0.05, 0) is 61.9 Å². The first-order valence-electron chi connectivity index (χ1n) is 10.2. The number of carbonyl (C=O) groups excluding carboxylic acids is 1. The highest BCUT2D eigenvalue weighted by molar-refractivity contribution is 7.92. The second kappa shape index (κ2) is 10.3. The monoisotopic (exact) mass is 519 g/mol. The molecule has 11 nitrogen and oxygen atoms in total. The molecule has 0 unspecified atom stereocenters. The van der Waals surface area contributed by atoms with Crippen molar-refractivity contribution in [3.8, 4) is 5.75 Å². The van der Waals surface area contributed by atoms with E-state index in [9.17, 15) is 21.6 Å². The van der Waals surface area contributed by atoms with Gasteiger partial charge >= 0.3 is 0 Å². The Morgan fingerprint density at radius 3 is 2.31 bits per heavy atom. The molecule has 0 saturated carbocycles. The molecule has 0 atom stereocenters. The zero-order valence-electron chi connectivity index (χ0n) is 19.5. The van der Waals surface area contributed by atoms with E-state index in [1.165, 1.54) is 37.6 Å². The summed E-state index contributed by atoms with van der Waals surface area (Å²) < 4.78 is 58.5. The minimum Gasteiger partial charge on any atom is -0.495 e. The lowest BCUT2D eigenvalue weighted by molar-refractivity contribution is -0.114. The van der Waals surface area contributed by atoms with Gasteiger partial charge in [-0.3, -0.25) is 9.10 Å². The number of aromatic nitrogens is 2. The predicted molar refractivity (Wildman–Crippen MR) is 133 cm³/mol. The molecule has 2 aromatic carbocycles. The number of anilines is 3. The SMILES string of the molecule is COc1ccc(C)cc1N(CC(=O)Nc1ccc(S(=O)(=O)Nc2nccc(C)n2)cc1)S(C)(=O)=O. The van der Waals surface area contributed by atoms with E-state index in [0.29, 0.717) is 11.4 Å². The molecule has 3 rings (SSSR count). The third-order valence-corrected chi connectivity index (χ3v) is 7.23. The van der Waals surface area contributed by atoms with E-state index >= 15 is 0 Å². The van der Waals surface area contributed by atoms with Gasteiger partial charge in [0.2, 0.25) is 21.9 Å². The molecule has 1 heterocycles. The number of hydrogen-bond donors (Lipinski definition) is 2. The van der Waals surface area contributed by atoms with Gasteiger partial charge in [0.05, 0.1) is 23.9 Å². The first-order valence-corrected chi connectivity index (χ1v) is 13.6. The van der Waals surface area contributed by atoms with Gasteiger partial charge < -0.3 is 10.1 Å². The molecule has 2 N–H and O–H groups in total. The minimum absolute atomic E-state index is 0.0603. The average Bonchev–Trinajstić information content (AvgIpc) is 2.77. The Labute approximate surface area is 204 Å². The summed E-state index contributed by atoms with van der Waals surface area (Å²) in [6, 6.07) is 12.0. The molecule has 1 amide bonds. The average molecular weight is 520 g/mol. The van der Waals surface area contributed by atoms with Crippen LogP contribution in [0.25, 0.3) is 0 Å². The van der Waals surface area contributed by atoms with Crippen molar-refractivity contribution in [2.24, 2.45) is 0 Å². The van der Waals surface area contributed by atoms with Gasteiger partial charge in [0.1, 0.15) is 12.3 Å². The summed E-state index contributed by atoms with van der Waals surface area (Å²) in [5, 5.41) is 2.58. The van der Waals surface area contributed by atoms with Gasteiger partial charge in [0, 0.05) is 17.6 Å². The number of ether oxygens (including phenoxy) is 1. The summed E-state index contributed by atoms with van der Waals surface area (Å²) in [5.74, 6) is -0.385. The molecule has 13 heteroatoms. The number of hydrogen-bond acceptors (Lipinski definition) is 8. The fourth-order valence-corrected chi connectivity index (χ4v) is 4.90. The molecular weight excluding hydrogens is 494 g/mol. The summed E-state index contributed by atoms with van der Waals surface area (Å²) in [7, 11) is -6.36. The van der Waals surface area contributed by atoms with Gasteiger partial charge in [-0.15, -0.1) is 0 Å². The minimum atomic E-state index is -3.95. The van der Waals surface area contributed by atoms with E-state index in [1.807, 2.05) is 0 Å². The molecule has 0 aliphatic rings. The van der Waals surface area contributed by atoms with Crippen molar-refractivity contribution < 1.29 is 26.4 Å². The van der Waals surface area contributed by atoms with Crippen LogP contribution in [0.1, 0.15) is 11.3 Å². The van der Waals surface area contributed by atoms with E-state index in [-0.39, 0.29) is 22.2 Å². The highest BCUT2D eigenvalue weighted by atomic mass is 32.2. The van der Waals surface area contributed by atoms with Crippen molar-refractivity contribution in [2.45, 2.75) is 18.7 Å². The van der Waals surface area contributed by atoms with Crippen LogP contribution in [0.3, 0.4) is 0 Å². The molecule has 0 radical (unpaired) electrons. The highest BCUT2D eigenvalue weighted by Crippen LogP contribution is 2.31. The van der Waals surface area contributed by atoms with Crippen LogP contribution in [0.15, 0.2) is 59.6 Å². The van der Waals surface area contributed by atoms with Gasteiger partial charge in [-0.2, -0.15) is 0 Å². The first-order chi connectivity index (χ1) is 16.4. The van der Waals surface area contributed by atoms with E-state index < -0.39 is 32.5 Å². The normalized spacial score (nSPS) is 11.5. The highest BCUT2D eigenvalue weighted by Gasteiger charge is 2.24. The fourth-order valence-electron chi connectivity index (χ4n) is 3.10. The number of sulfonamides is 2. The van der Waals surface area contributed by atoms with E-state index in [2.05, 4.69) is 20.0 Å². The van der Waals surface area contributed by atoms with Crippen LogP contribution in [0, 0.1) is 13.8 Å². The smallest absolute Gasteiger partial charge is 0.264 e. The van der Waals surface area contributed by atoms with E-state index in [1.54, 1.807) is 38.1 Å². The van der Waals surface area contributed by atoms with Gasteiger partial charge in [-0.1, -0.05) is 6.07 Å². The van der Waals surface area contributed by atoms with Crippen LogP contribution in [0.5, 0.6) is 5.75 Å². The Morgan fingerprint density at radius 2 is 1.71 bits per heavy atom. The summed E-state index contributed by atoms with van der Waals surface area (Å²) in [4.78, 5) is 20.5. The lowest BCUT2D eigenvalue weighted by atomic mass is 10.2. The molecule has 1 aromatic heterocycles. The van der Waals surface area contributed by atoms with Crippen molar-refractivity contribution in [3.63, 3.8) is 0 Å². The van der Waals surface area contributed by atoms with Crippen molar-refractivity contribution in [3.05, 3.63) is 66.0 Å². The third-order valence-electron chi connectivity index (χ3n) is 4.76. The van der Waals surface area contributed by atoms with Gasteiger partial charge in [0.15, 0.2) is 0 Å². The Hall–Kier alpha value is -3.71. The van der Waals surface area contributed by atoms with Crippen LogP contribution >= 0.6 is 0 Å². The number of nitrogens with zero attached hydrogens (tertiary/aromatic N) is 3. The van der Waals surface area contributed by atoms with Crippen LogP contribution in [0.2, 0.25) is 0 Å². The summed E-state index contributed by atoms with van der Waals surface area (Å²) in [5.41, 5.74) is 1.90. The van der Waals surface area contributed by atoms with Crippen molar-refractivity contribution in [1.82, 2.24) is 9.97 Å². The van der Waals surface area contributed by atoms with Crippen molar-refractivity contribution >= 4 is 43.3 Å². The van der Waals surface area contributed by atoms with Crippen LogP contribution in [-0.4, -0.2) is 52.6 Å². The lowest BCUT2D eigenvalue weighted by Crippen LogP contribution is -2.37. The molecular formula is C22H25N5O6S2. The number of methoxy groups -OCH3 is 1. The second-order valence-electron chi connectivity index (χ2n) is 7.64. The quantitative estimate of drug-likeness (QED) is 0.438. The molecule has 0 aliphatic heterocycles. The molecule has 35 heavy (non-hydrogen) atoms. The summed E-state index contributed by atoms with van der Waals surface area (Å²) >= 11 is 0. The van der Waals surface area contributed by atoms with Gasteiger partial charge in [-0.25, -0.2) is 31.5 Å². The molecule has 3 aromatic rings. The number of carbonyl (C=O) groups is 1.